The molecule has 0 radical (unpaired) electrons. The third-order valence-electron chi connectivity index (χ3n) is 3.33. The first-order valence-electron chi connectivity index (χ1n) is 6.46. The summed E-state index contributed by atoms with van der Waals surface area (Å²) in [5, 5.41) is 0. The van der Waals surface area contributed by atoms with Gasteiger partial charge in [-0.2, -0.15) is 0 Å². The zero-order valence-corrected chi connectivity index (χ0v) is 10.7. The van der Waals surface area contributed by atoms with Crippen LogP contribution in [0.5, 0.6) is 0 Å². The highest BCUT2D eigenvalue weighted by molar-refractivity contribution is 5.75. The zero-order chi connectivity index (χ0) is 12.1. The Balaban J connectivity index is 2.37. The van der Waals surface area contributed by atoms with E-state index in [9.17, 15) is 4.79 Å². The molecule has 0 amide bonds. The van der Waals surface area contributed by atoms with Crippen LogP contribution in [-0.4, -0.2) is 18.1 Å². The van der Waals surface area contributed by atoms with Crippen molar-refractivity contribution in [2.75, 3.05) is 0 Å². The van der Waals surface area contributed by atoms with Gasteiger partial charge in [0.05, 0.1) is 0 Å². The first-order valence-corrected chi connectivity index (χ1v) is 6.46. The molecule has 3 nitrogen and oxygen atoms in total. The van der Waals surface area contributed by atoms with Crippen LogP contribution >= 0.6 is 0 Å². The van der Waals surface area contributed by atoms with Crippen LogP contribution < -0.4 is 5.73 Å². The summed E-state index contributed by atoms with van der Waals surface area (Å²) < 4.78 is 5.50. The van der Waals surface area contributed by atoms with Crippen molar-refractivity contribution in [3.05, 3.63) is 0 Å². The van der Waals surface area contributed by atoms with Gasteiger partial charge in [-0.05, 0) is 37.5 Å². The van der Waals surface area contributed by atoms with E-state index in [4.69, 9.17) is 10.5 Å². The van der Waals surface area contributed by atoms with Crippen molar-refractivity contribution >= 4 is 5.97 Å². The van der Waals surface area contributed by atoms with Crippen LogP contribution in [0.1, 0.15) is 52.9 Å². The molecular weight excluding hydrogens is 202 g/mol. The Morgan fingerprint density at radius 2 is 2.00 bits per heavy atom. The number of nitrogens with two attached hydrogens (primary N) is 1. The van der Waals surface area contributed by atoms with Crippen LogP contribution in [0.2, 0.25) is 0 Å². The van der Waals surface area contributed by atoms with E-state index in [0.29, 0.717) is 18.3 Å². The molecule has 1 rings (SSSR count). The van der Waals surface area contributed by atoms with Gasteiger partial charge in [0.25, 0.3) is 0 Å². The predicted molar refractivity (Wildman–Crippen MR) is 64.9 cm³/mol. The summed E-state index contributed by atoms with van der Waals surface area (Å²) in [7, 11) is 0. The first-order chi connectivity index (χ1) is 7.50. The van der Waals surface area contributed by atoms with Gasteiger partial charge in [-0.15, -0.1) is 0 Å². The molecule has 1 aliphatic carbocycles. The van der Waals surface area contributed by atoms with Crippen molar-refractivity contribution in [1.82, 2.24) is 0 Å². The van der Waals surface area contributed by atoms with Crippen molar-refractivity contribution in [3.63, 3.8) is 0 Å². The van der Waals surface area contributed by atoms with Crippen molar-refractivity contribution in [3.8, 4) is 0 Å². The largest absolute Gasteiger partial charge is 0.461 e. The van der Waals surface area contributed by atoms with Crippen LogP contribution in [0.4, 0.5) is 0 Å². The minimum Gasteiger partial charge on any atom is -0.461 e. The Kier molecular flexibility index (Phi) is 5.26. The molecule has 0 spiro atoms. The summed E-state index contributed by atoms with van der Waals surface area (Å²) in [4.78, 5) is 11.7. The lowest BCUT2D eigenvalue weighted by atomic mass is 9.88. The van der Waals surface area contributed by atoms with Crippen LogP contribution in [0.25, 0.3) is 0 Å². The summed E-state index contributed by atoms with van der Waals surface area (Å²) in [6.45, 7) is 6.29. The highest BCUT2D eigenvalue weighted by Gasteiger charge is 2.27. The average Bonchev–Trinajstić information content (AvgIpc) is 2.20. The standard InChI is InChI=1S/C13H25NO2/c1-9(2)8-11(14)13(15)16-12-7-5-4-6-10(12)3/h9-12H,4-8,14H2,1-3H3. The second-order valence-electron chi connectivity index (χ2n) is 5.47. The van der Waals surface area contributed by atoms with Crippen LogP contribution in [0.3, 0.4) is 0 Å². The minimum absolute atomic E-state index is 0.0967. The summed E-state index contributed by atoms with van der Waals surface area (Å²) >= 11 is 0. The SMILES string of the molecule is CC(C)CC(N)C(=O)OC1CCCCC1C. The van der Waals surface area contributed by atoms with Gasteiger partial charge in [-0.1, -0.05) is 27.2 Å². The van der Waals surface area contributed by atoms with E-state index in [1.165, 1.54) is 12.8 Å². The highest BCUT2D eigenvalue weighted by Crippen LogP contribution is 2.26. The molecule has 94 valence electrons. The van der Waals surface area contributed by atoms with Crippen molar-refractivity contribution in [2.24, 2.45) is 17.6 Å². The second kappa shape index (κ2) is 6.24. The summed E-state index contributed by atoms with van der Waals surface area (Å²) in [6, 6.07) is -0.450. The molecule has 0 aromatic carbocycles. The molecular formula is C13H25NO2. The monoisotopic (exact) mass is 227 g/mol. The number of hydrogen-bond acceptors (Lipinski definition) is 3. The number of carbonyl (C=O) groups excluding carboxylic acids is 1. The molecule has 0 aromatic heterocycles. The zero-order valence-electron chi connectivity index (χ0n) is 10.7. The number of rotatable bonds is 4. The number of esters is 1. The molecule has 1 aliphatic rings. The number of hydrogen-bond donors (Lipinski definition) is 1. The van der Waals surface area contributed by atoms with Crippen molar-refractivity contribution < 1.29 is 9.53 Å². The van der Waals surface area contributed by atoms with Gasteiger partial charge in [0.15, 0.2) is 0 Å². The van der Waals surface area contributed by atoms with E-state index in [1.807, 2.05) is 0 Å². The molecule has 3 unspecified atom stereocenters. The van der Waals surface area contributed by atoms with Crippen molar-refractivity contribution in [1.29, 1.82) is 0 Å². The van der Waals surface area contributed by atoms with Gasteiger partial charge in [0.1, 0.15) is 12.1 Å². The third-order valence-corrected chi connectivity index (χ3v) is 3.33. The van der Waals surface area contributed by atoms with Crippen LogP contribution in [0, 0.1) is 11.8 Å². The van der Waals surface area contributed by atoms with E-state index in [2.05, 4.69) is 20.8 Å². The first kappa shape index (κ1) is 13.5. The lowest BCUT2D eigenvalue weighted by Crippen LogP contribution is -2.38. The van der Waals surface area contributed by atoms with Crippen LogP contribution in [-0.2, 0) is 9.53 Å². The third kappa shape index (κ3) is 4.12. The topological polar surface area (TPSA) is 52.3 Å². The second-order valence-corrected chi connectivity index (χ2v) is 5.47. The van der Waals surface area contributed by atoms with E-state index in [1.54, 1.807) is 0 Å². The van der Waals surface area contributed by atoms with Gasteiger partial charge in [0, 0.05) is 0 Å². The maximum absolute atomic E-state index is 11.7. The van der Waals surface area contributed by atoms with E-state index < -0.39 is 6.04 Å². The lowest BCUT2D eigenvalue weighted by Gasteiger charge is -2.29. The quantitative estimate of drug-likeness (QED) is 0.751. The molecule has 1 fully saturated rings. The highest BCUT2D eigenvalue weighted by atomic mass is 16.5. The molecule has 3 heteroatoms. The molecule has 3 atom stereocenters. The number of ether oxygens (including phenoxy) is 1. The molecule has 16 heavy (non-hydrogen) atoms. The minimum atomic E-state index is -0.450. The molecule has 1 saturated carbocycles. The fourth-order valence-electron chi connectivity index (χ4n) is 2.30. The average molecular weight is 227 g/mol. The summed E-state index contributed by atoms with van der Waals surface area (Å²) in [5.41, 5.74) is 5.81. The lowest BCUT2D eigenvalue weighted by molar-refractivity contribution is -0.155. The normalized spacial score (nSPS) is 27.8. The summed E-state index contributed by atoms with van der Waals surface area (Å²) in [5.74, 6) is 0.711. The van der Waals surface area contributed by atoms with Crippen LogP contribution in [0.15, 0.2) is 0 Å². The Morgan fingerprint density at radius 3 is 2.56 bits per heavy atom. The maximum Gasteiger partial charge on any atom is 0.323 e. The van der Waals surface area contributed by atoms with Gasteiger partial charge in [-0.25, -0.2) is 0 Å². The van der Waals surface area contributed by atoms with E-state index >= 15 is 0 Å². The predicted octanol–water partition coefficient (Wildman–Crippen LogP) is 2.48. The van der Waals surface area contributed by atoms with E-state index in [-0.39, 0.29) is 12.1 Å². The maximum atomic E-state index is 11.7. The number of carbonyl (C=O) groups is 1. The fraction of sp³-hybridized carbons (Fsp3) is 0.923. The van der Waals surface area contributed by atoms with Gasteiger partial charge < -0.3 is 10.5 Å². The molecule has 0 aromatic rings. The molecule has 0 bridgehead atoms. The Hall–Kier alpha value is -0.570. The Labute approximate surface area is 98.7 Å². The molecule has 0 aliphatic heterocycles. The van der Waals surface area contributed by atoms with Gasteiger partial charge >= 0.3 is 5.97 Å². The molecule has 0 heterocycles. The molecule has 2 N–H and O–H groups in total. The smallest absolute Gasteiger partial charge is 0.323 e. The van der Waals surface area contributed by atoms with Crippen molar-refractivity contribution in [2.45, 2.75) is 65.0 Å². The Morgan fingerprint density at radius 1 is 1.38 bits per heavy atom. The van der Waals surface area contributed by atoms with Gasteiger partial charge in [-0.3, -0.25) is 4.79 Å². The summed E-state index contributed by atoms with van der Waals surface area (Å²) in [6.07, 6.45) is 5.40. The Bertz CT molecular complexity index is 228. The van der Waals surface area contributed by atoms with E-state index in [0.717, 1.165) is 12.8 Å². The van der Waals surface area contributed by atoms with Gasteiger partial charge in [0.2, 0.25) is 0 Å². The fourth-order valence-corrected chi connectivity index (χ4v) is 2.30. The molecule has 0 saturated heterocycles.